The van der Waals surface area contributed by atoms with E-state index in [1.165, 1.54) is 12.3 Å². The van der Waals surface area contributed by atoms with E-state index in [4.69, 9.17) is 4.74 Å². The molecule has 0 aliphatic carbocycles. The van der Waals surface area contributed by atoms with Crippen molar-refractivity contribution in [2.45, 2.75) is 45.7 Å². The Hall–Kier alpha value is -1.57. The van der Waals surface area contributed by atoms with Gasteiger partial charge in [0.15, 0.2) is 0 Å². The van der Waals surface area contributed by atoms with Gasteiger partial charge in [-0.3, -0.25) is 4.79 Å². The Morgan fingerprint density at radius 2 is 1.95 bits per heavy atom. The second-order valence-corrected chi connectivity index (χ2v) is 10.1. The maximum Gasteiger partial charge on any atom is 0.310 e. The summed E-state index contributed by atoms with van der Waals surface area (Å²) >= 11 is 0. The number of benzene rings is 1. The molecule has 0 N–H and O–H groups in total. The smallest absolute Gasteiger partial charge is 0.310 e. The van der Waals surface area contributed by atoms with Crippen molar-refractivity contribution in [3.05, 3.63) is 47.3 Å². The third kappa shape index (κ3) is 6.15. The van der Waals surface area contributed by atoms with Crippen molar-refractivity contribution in [1.82, 2.24) is 0 Å². The Balaban J connectivity index is 2.98. The molecule has 0 bridgehead atoms. The van der Waals surface area contributed by atoms with Crippen molar-refractivity contribution in [1.29, 1.82) is 0 Å². The molecule has 0 spiro atoms. The van der Waals surface area contributed by atoms with Crippen LogP contribution < -0.4 is 5.19 Å². The van der Waals surface area contributed by atoms with Crippen LogP contribution in [0.15, 0.2) is 47.3 Å². The van der Waals surface area contributed by atoms with Crippen molar-refractivity contribution in [3.8, 4) is 0 Å². The van der Waals surface area contributed by atoms with Gasteiger partial charge in [0.2, 0.25) is 0 Å². The lowest BCUT2D eigenvalue weighted by Gasteiger charge is -2.17. The predicted octanol–water partition coefficient (Wildman–Crippen LogP) is 3.98. The van der Waals surface area contributed by atoms with Crippen molar-refractivity contribution in [3.63, 3.8) is 0 Å². The first-order valence-corrected chi connectivity index (χ1v) is 10.6. The molecule has 1 aromatic rings. The second-order valence-electron chi connectivity index (χ2n) is 5.84. The van der Waals surface area contributed by atoms with E-state index in [9.17, 15) is 4.79 Å². The summed E-state index contributed by atoms with van der Waals surface area (Å²) in [5.74, 6) is -0.179. The quantitative estimate of drug-likeness (QED) is 0.433. The highest BCUT2D eigenvalue weighted by atomic mass is 28.3. The number of methoxy groups -OCH3 is 1. The lowest BCUT2D eigenvalue weighted by atomic mass is 10.1. The minimum Gasteiger partial charge on any atom is -0.469 e. The van der Waals surface area contributed by atoms with Gasteiger partial charge in [0, 0.05) is 0 Å². The van der Waals surface area contributed by atoms with Crippen molar-refractivity contribution < 1.29 is 9.53 Å². The van der Waals surface area contributed by atoms with Gasteiger partial charge in [0.05, 0.1) is 13.5 Å². The monoisotopic (exact) mass is 302 g/mol. The Labute approximate surface area is 129 Å². The molecule has 21 heavy (non-hydrogen) atoms. The number of carbonyl (C=O) groups is 1. The van der Waals surface area contributed by atoms with Crippen molar-refractivity contribution >= 4 is 19.2 Å². The molecule has 1 aromatic carbocycles. The maximum atomic E-state index is 11.5. The molecular weight excluding hydrogens is 276 g/mol. The van der Waals surface area contributed by atoms with Crippen LogP contribution in [0.2, 0.25) is 13.1 Å². The van der Waals surface area contributed by atoms with Crippen LogP contribution in [-0.4, -0.2) is 21.2 Å². The van der Waals surface area contributed by atoms with Crippen LogP contribution in [0.1, 0.15) is 32.6 Å². The number of unbranched alkanes of at least 4 members (excludes halogenated alkanes) is 1. The molecule has 0 atom stereocenters. The van der Waals surface area contributed by atoms with E-state index in [0.29, 0.717) is 6.42 Å². The van der Waals surface area contributed by atoms with Gasteiger partial charge in [-0.05, 0) is 24.1 Å². The molecule has 1 rings (SSSR count). The van der Waals surface area contributed by atoms with Crippen molar-refractivity contribution in [2.24, 2.45) is 0 Å². The van der Waals surface area contributed by atoms with E-state index in [1.807, 2.05) is 6.07 Å². The summed E-state index contributed by atoms with van der Waals surface area (Å²) in [5.41, 5.74) is 6.67. The summed E-state index contributed by atoms with van der Waals surface area (Å²) in [6.45, 7) is 6.75. The highest BCUT2D eigenvalue weighted by Gasteiger charge is 2.19. The van der Waals surface area contributed by atoms with Gasteiger partial charge in [-0.1, -0.05) is 62.0 Å². The lowest BCUT2D eigenvalue weighted by Crippen LogP contribution is -2.39. The average Bonchev–Trinajstić information content (AvgIpc) is 2.50. The zero-order valence-corrected chi connectivity index (χ0v) is 14.6. The zero-order chi connectivity index (χ0) is 15.7. The lowest BCUT2D eigenvalue weighted by molar-refractivity contribution is -0.139. The number of hydrogen-bond acceptors (Lipinski definition) is 2. The van der Waals surface area contributed by atoms with Crippen molar-refractivity contribution in [2.75, 3.05) is 7.11 Å². The standard InChI is InChI=1S/C18H26O2Si/c1-5-6-10-16(15-18(19)20-2)13-14-21(3,4)17-11-8-7-9-12-17/h7-9,11-12,14H,5-6,10,15H2,1-4H3. The molecule has 3 heteroatoms. The fourth-order valence-corrected chi connectivity index (χ4v) is 3.86. The summed E-state index contributed by atoms with van der Waals surface area (Å²) in [5, 5.41) is 1.38. The fourth-order valence-electron chi connectivity index (χ4n) is 2.08. The van der Waals surface area contributed by atoms with Crippen LogP contribution in [0.4, 0.5) is 0 Å². The summed E-state index contributed by atoms with van der Waals surface area (Å²) in [6.07, 6.45) is 3.47. The van der Waals surface area contributed by atoms with Gasteiger partial charge in [-0.25, -0.2) is 0 Å². The topological polar surface area (TPSA) is 26.3 Å². The van der Waals surface area contributed by atoms with Crippen LogP contribution in [-0.2, 0) is 9.53 Å². The summed E-state index contributed by atoms with van der Waals surface area (Å²) in [7, 11) is -0.215. The minimum absolute atomic E-state index is 0.179. The predicted molar refractivity (Wildman–Crippen MR) is 91.3 cm³/mol. The summed E-state index contributed by atoms with van der Waals surface area (Å²) in [6, 6.07) is 10.5. The first kappa shape index (κ1) is 17.5. The normalized spacial score (nSPS) is 10.7. The molecule has 0 amide bonds. The second kappa shape index (κ2) is 8.66. The molecule has 0 unspecified atom stereocenters. The summed E-state index contributed by atoms with van der Waals surface area (Å²) in [4.78, 5) is 11.5. The number of carbonyl (C=O) groups excluding carboxylic acids is 1. The molecule has 0 saturated carbocycles. The van der Waals surface area contributed by atoms with Gasteiger partial charge in [0.25, 0.3) is 0 Å². The molecule has 0 aliphatic rings. The van der Waals surface area contributed by atoms with Crippen LogP contribution in [0.5, 0.6) is 0 Å². The van der Waals surface area contributed by atoms with Gasteiger partial charge in [-0.15, -0.1) is 5.73 Å². The van der Waals surface area contributed by atoms with Crippen LogP contribution in [0.3, 0.4) is 0 Å². The Kier molecular flexibility index (Phi) is 7.20. The van der Waals surface area contributed by atoms with Crippen LogP contribution in [0.25, 0.3) is 0 Å². The SMILES string of the molecule is CCCCC(=C=C[Si](C)(C)c1ccccc1)CC(=O)OC. The molecule has 0 radical (unpaired) electrons. The number of hydrogen-bond donors (Lipinski definition) is 0. The van der Waals surface area contributed by atoms with Gasteiger partial charge in [-0.2, -0.15) is 0 Å². The van der Waals surface area contributed by atoms with Gasteiger partial charge < -0.3 is 4.74 Å². The molecule has 2 nitrogen and oxygen atoms in total. The molecule has 0 heterocycles. The first-order chi connectivity index (χ1) is 9.99. The highest BCUT2D eigenvalue weighted by Crippen LogP contribution is 2.13. The van der Waals surface area contributed by atoms with E-state index < -0.39 is 8.07 Å². The Morgan fingerprint density at radius 1 is 1.29 bits per heavy atom. The molecule has 0 aromatic heterocycles. The number of ether oxygens (including phenoxy) is 1. The summed E-state index contributed by atoms with van der Waals surface area (Å²) < 4.78 is 4.77. The highest BCUT2D eigenvalue weighted by molar-refractivity contribution is 6.93. The first-order valence-electron chi connectivity index (χ1n) is 7.57. The third-order valence-corrected chi connectivity index (χ3v) is 6.26. The molecule has 0 aliphatic heterocycles. The number of esters is 1. The van der Waals surface area contributed by atoms with Gasteiger partial charge >= 0.3 is 5.97 Å². The number of rotatable bonds is 7. The Bertz CT molecular complexity index is 511. The zero-order valence-electron chi connectivity index (χ0n) is 13.6. The van der Waals surface area contributed by atoms with E-state index in [2.05, 4.69) is 55.7 Å². The molecule has 0 saturated heterocycles. The van der Waals surface area contributed by atoms with Gasteiger partial charge in [0.1, 0.15) is 8.07 Å². The maximum absolute atomic E-state index is 11.5. The average molecular weight is 302 g/mol. The largest absolute Gasteiger partial charge is 0.469 e. The molecule has 114 valence electrons. The van der Waals surface area contributed by atoms with E-state index in [0.717, 1.165) is 24.8 Å². The Morgan fingerprint density at radius 3 is 2.52 bits per heavy atom. The van der Waals surface area contributed by atoms with E-state index in [-0.39, 0.29) is 5.97 Å². The van der Waals surface area contributed by atoms with E-state index in [1.54, 1.807) is 0 Å². The fraction of sp³-hybridized carbons (Fsp3) is 0.444. The molecular formula is C18H26O2Si. The minimum atomic E-state index is -1.65. The molecule has 0 fully saturated rings. The third-order valence-electron chi connectivity index (χ3n) is 3.57. The van der Waals surface area contributed by atoms with E-state index >= 15 is 0 Å². The van der Waals surface area contributed by atoms with Crippen LogP contribution >= 0.6 is 0 Å². The van der Waals surface area contributed by atoms with Crippen LogP contribution in [0, 0.1) is 0 Å².